The van der Waals surface area contributed by atoms with Gasteiger partial charge in [0, 0.05) is 22.7 Å². The first-order valence-corrected chi connectivity index (χ1v) is 3.45. The minimum Gasteiger partial charge on any atom is -0.258 e. The Kier molecular flexibility index (Phi) is 2.47. The first kappa shape index (κ1) is 9.02. The number of hydrogen-bond acceptors (Lipinski definition) is 3. The quantitative estimate of drug-likeness (QED) is 0.229. The van der Waals surface area contributed by atoms with Gasteiger partial charge < -0.3 is 0 Å². The molecule has 6 heteroatoms. The summed E-state index contributed by atoms with van der Waals surface area (Å²) in [5, 5.41) is 13.7. The number of nitro benzene ring substituents is 1. The molecule has 1 aromatic rings. The predicted octanol–water partition coefficient (Wildman–Crippen LogP) is 2.85. The monoisotopic (exact) mass is 178 g/mol. The van der Waals surface area contributed by atoms with Crippen LogP contribution in [0.25, 0.3) is 10.4 Å². The third-order valence-electron chi connectivity index (χ3n) is 1.54. The molecular formula is C7H6N4O2. The van der Waals surface area contributed by atoms with Crippen molar-refractivity contribution in [2.24, 2.45) is 5.11 Å². The maximum atomic E-state index is 10.3. The highest BCUT2D eigenvalue weighted by Gasteiger charge is 2.06. The second-order valence-electron chi connectivity index (χ2n) is 2.42. The van der Waals surface area contributed by atoms with Crippen LogP contribution in [0.5, 0.6) is 0 Å². The highest BCUT2D eigenvalue weighted by Crippen LogP contribution is 2.23. The second-order valence-corrected chi connectivity index (χ2v) is 2.42. The van der Waals surface area contributed by atoms with Crippen molar-refractivity contribution in [1.29, 1.82) is 0 Å². The number of nitro groups is 1. The molecule has 0 fully saturated rings. The summed E-state index contributed by atoms with van der Waals surface area (Å²) in [5.41, 5.74) is 9.14. The zero-order valence-electron chi connectivity index (χ0n) is 6.84. The molecular weight excluding hydrogens is 172 g/mol. The molecule has 0 heterocycles. The fourth-order valence-electron chi connectivity index (χ4n) is 0.914. The van der Waals surface area contributed by atoms with Crippen LogP contribution in [0.2, 0.25) is 0 Å². The zero-order chi connectivity index (χ0) is 9.84. The Morgan fingerprint density at radius 2 is 2.31 bits per heavy atom. The van der Waals surface area contributed by atoms with E-state index in [0.29, 0.717) is 11.3 Å². The van der Waals surface area contributed by atoms with Crippen molar-refractivity contribution in [2.45, 2.75) is 6.92 Å². The van der Waals surface area contributed by atoms with Gasteiger partial charge in [-0.25, -0.2) is 0 Å². The Morgan fingerprint density at radius 1 is 1.62 bits per heavy atom. The van der Waals surface area contributed by atoms with Crippen molar-refractivity contribution in [3.8, 4) is 0 Å². The third kappa shape index (κ3) is 1.94. The number of azide groups is 1. The molecule has 1 aromatic carbocycles. The van der Waals surface area contributed by atoms with Crippen molar-refractivity contribution < 1.29 is 4.92 Å². The van der Waals surface area contributed by atoms with E-state index in [9.17, 15) is 10.1 Å². The Hall–Kier alpha value is -2.07. The molecule has 0 aliphatic carbocycles. The first-order chi connectivity index (χ1) is 6.15. The summed E-state index contributed by atoms with van der Waals surface area (Å²) in [4.78, 5) is 12.4. The maximum absolute atomic E-state index is 10.3. The summed E-state index contributed by atoms with van der Waals surface area (Å²) < 4.78 is 0. The summed E-state index contributed by atoms with van der Waals surface area (Å²) >= 11 is 0. The largest absolute Gasteiger partial charge is 0.269 e. The summed E-state index contributed by atoms with van der Waals surface area (Å²) in [7, 11) is 0. The van der Waals surface area contributed by atoms with Gasteiger partial charge in [0.15, 0.2) is 0 Å². The Morgan fingerprint density at radius 3 is 2.77 bits per heavy atom. The number of rotatable bonds is 2. The molecule has 0 saturated carbocycles. The average Bonchev–Trinajstić information content (AvgIpc) is 2.08. The number of nitrogens with zero attached hydrogens (tertiary/aromatic N) is 4. The van der Waals surface area contributed by atoms with E-state index in [0.717, 1.165) is 0 Å². The molecule has 0 unspecified atom stereocenters. The fraction of sp³-hybridized carbons (Fsp3) is 0.143. The van der Waals surface area contributed by atoms with Crippen LogP contribution < -0.4 is 0 Å². The van der Waals surface area contributed by atoms with Crippen molar-refractivity contribution in [3.05, 3.63) is 44.3 Å². The Bertz CT molecular complexity index is 395. The smallest absolute Gasteiger partial charge is 0.258 e. The van der Waals surface area contributed by atoms with Crippen LogP contribution in [0.1, 0.15) is 5.56 Å². The van der Waals surface area contributed by atoms with Crippen molar-refractivity contribution in [3.63, 3.8) is 0 Å². The number of non-ortho nitro benzene ring substituents is 1. The average molecular weight is 178 g/mol. The lowest BCUT2D eigenvalue weighted by Crippen LogP contribution is -1.87. The van der Waals surface area contributed by atoms with Gasteiger partial charge in [0.1, 0.15) is 0 Å². The summed E-state index contributed by atoms with van der Waals surface area (Å²) in [6.07, 6.45) is 0. The maximum Gasteiger partial charge on any atom is 0.269 e. The highest BCUT2D eigenvalue weighted by molar-refractivity contribution is 5.51. The van der Waals surface area contributed by atoms with E-state index in [2.05, 4.69) is 10.0 Å². The minimum atomic E-state index is -0.493. The van der Waals surface area contributed by atoms with E-state index in [1.54, 1.807) is 6.92 Å². The first-order valence-electron chi connectivity index (χ1n) is 3.45. The van der Waals surface area contributed by atoms with Crippen LogP contribution in [-0.2, 0) is 0 Å². The van der Waals surface area contributed by atoms with Crippen LogP contribution in [0.4, 0.5) is 11.4 Å². The lowest BCUT2D eigenvalue weighted by Gasteiger charge is -1.97. The molecule has 66 valence electrons. The van der Waals surface area contributed by atoms with E-state index in [1.807, 2.05) is 0 Å². The van der Waals surface area contributed by atoms with Gasteiger partial charge in [-0.05, 0) is 24.1 Å². The molecule has 13 heavy (non-hydrogen) atoms. The number of benzene rings is 1. The molecule has 0 bridgehead atoms. The van der Waals surface area contributed by atoms with Crippen LogP contribution in [0.3, 0.4) is 0 Å². The van der Waals surface area contributed by atoms with Crippen molar-refractivity contribution in [2.75, 3.05) is 0 Å². The van der Waals surface area contributed by atoms with E-state index in [4.69, 9.17) is 5.53 Å². The third-order valence-corrected chi connectivity index (χ3v) is 1.54. The molecule has 0 aliphatic rings. The molecule has 1 rings (SSSR count). The molecule has 6 nitrogen and oxygen atoms in total. The Labute approximate surface area is 73.6 Å². The normalized spacial score (nSPS) is 9.00. The molecule has 0 aliphatic heterocycles. The standard InChI is InChI=1S/C7H6N4O2/c1-5-4-6(11(12)13)2-3-7(5)9-10-8/h2-4H,1H3. The van der Waals surface area contributed by atoms with Gasteiger partial charge in [0.05, 0.1) is 4.92 Å². The van der Waals surface area contributed by atoms with Crippen molar-refractivity contribution in [1.82, 2.24) is 0 Å². The van der Waals surface area contributed by atoms with Crippen LogP contribution in [0.15, 0.2) is 23.3 Å². The molecule has 0 saturated heterocycles. The molecule has 0 atom stereocenters. The van der Waals surface area contributed by atoms with Gasteiger partial charge in [-0.1, -0.05) is 5.11 Å². The summed E-state index contributed by atoms with van der Waals surface area (Å²) in [6.45, 7) is 1.65. The minimum absolute atomic E-state index is 0.00519. The van der Waals surface area contributed by atoms with Gasteiger partial charge in [-0.15, -0.1) is 0 Å². The molecule has 0 aromatic heterocycles. The molecule has 0 radical (unpaired) electrons. The van der Waals surface area contributed by atoms with Crippen molar-refractivity contribution >= 4 is 11.4 Å². The van der Waals surface area contributed by atoms with E-state index >= 15 is 0 Å². The van der Waals surface area contributed by atoms with Gasteiger partial charge in [-0.3, -0.25) is 10.1 Å². The van der Waals surface area contributed by atoms with Crippen LogP contribution in [-0.4, -0.2) is 4.92 Å². The van der Waals surface area contributed by atoms with E-state index in [-0.39, 0.29) is 5.69 Å². The zero-order valence-corrected chi connectivity index (χ0v) is 6.84. The summed E-state index contributed by atoms with van der Waals surface area (Å²) in [5.74, 6) is 0. The highest BCUT2D eigenvalue weighted by atomic mass is 16.6. The van der Waals surface area contributed by atoms with E-state index < -0.39 is 4.92 Å². The lowest BCUT2D eigenvalue weighted by atomic mass is 10.2. The summed E-state index contributed by atoms with van der Waals surface area (Å²) in [6, 6.07) is 4.09. The van der Waals surface area contributed by atoms with Gasteiger partial charge in [0.2, 0.25) is 0 Å². The van der Waals surface area contributed by atoms with Crippen LogP contribution >= 0.6 is 0 Å². The van der Waals surface area contributed by atoms with Gasteiger partial charge >= 0.3 is 0 Å². The second kappa shape index (κ2) is 3.55. The number of hydrogen-bond donors (Lipinski definition) is 0. The SMILES string of the molecule is Cc1cc([N+](=O)[O-])ccc1N=[N+]=[N-]. The Balaban J connectivity index is 3.19. The molecule has 0 amide bonds. The fourth-order valence-corrected chi connectivity index (χ4v) is 0.914. The van der Waals surface area contributed by atoms with Gasteiger partial charge in [0.25, 0.3) is 5.69 Å². The lowest BCUT2D eigenvalue weighted by molar-refractivity contribution is -0.384. The van der Waals surface area contributed by atoms with E-state index in [1.165, 1.54) is 18.2 Å². The predicted molar refractivity (Wildman–Crippen MR) is 46.6 cm³/mol. The topological polar surface area (TPSA) is 91.9 Å². The molecule has 0 N–H and O–H groups in total. The molecule has 0 spiro atoms. The number of aryl methyl sites for hydroxylation is 1. The van der Waals surface area contributed by atoms with Gasteiger partial charge in [-0.2, -0.15) is 0 Å². The van der Waals surface area contributed by atoms with Crippen LogP contribution in [0, 0.1) is 17.0 Å².